The molecule has 3 aromatic carbocycles. The summed E-state index contributed by atoms with van der Waals surface area (Å²) in [6.45, 7) is -0.199. The first-order valence-corrected chi connectivity index (χ1v) is 9.33. The lowest BCUT2D eigenvalue weighted by Crippen LogP contribution is -2.20. The summed E-state index contributed by atoms with van der Waals surface area (Å²) >= 11 is 6.03. The third-order valence-corrected chi connectivity index (χ3v) is 4.44. The predicted molar refractivity (Wildman–Crippen MR) is 111 cm³/mol. The second kappa shape index (κ2) is 8.75. The van der Waals surface area contributed by atoms with Crippen molar-refractivity contribution < 1.29 is 18.4 Å². The van der Waals surface area contributed by atoms with Crippen LogP contribution in [-0.2, 0) is 4.79 Å². The van der Waals surface area contributed by atoms with Gasteiger partial charge in [0.15, 0.2) is 6.61 Å². The highest BCUT2D eigenvalue weighted by Gasteiger charge is 2.12. The van der Waals surface area contributed by atoms with Gasteiger partial charge in [-0.2, -0.15) is 4.98 Å². The Balaban J connectivity index is 1.43. The molecular weight excluding hydrogens is 409 g/mol. The first-order chi connectivity index (χ1) is 14.6. The highest BCUT2D eigenvalue weighted by molar-refractivity contribution is 6.33. The number of hydrogen-bond donors (Lipinski definition) is 1. The molecule has 30 heavy (non-hydrogen) atoms. The summed E-state index contributed by atoms with van der Waals surface area (Å²) in [4.78, 5) is 16.4. The summed E-state index contributed by atoms with van der Waals surface area (Å²) in [5.74, 6) is 0.244. The van der Waals surface area contributed by atoms with Crippen molar-refractivity contribution in [3.8, 4) is 28.6 Å². The smallest absolute Gasteiger partial charge is 0.262 e. The standard InChI is InChI=1S/C22H15ClFN3O3/c23-18-9-1-2-10-19(18)25-20(28)13-29-17-8-4-5-14(12-17)21-26-22(30-27-21)15-6-3-7-16(24)11-15/h1-12H,13H2,(H,25,28). The number of nitrogens with one attached hydrogen (secondary N) is 1. The number of hydrogen-bond acceptors (Lipinski definition) is 5. The number of carbonyl (C=O) groups is 1. The topological polar surface area (TPSA) is 77.2 Å². The second-order valence-corrected chi connectivity index (χ2v) is 6.69. The lowest BCUT2D eigenvalue weighted by Gasteiger charge is -2.09. The SMILES string of the molecule is O=C(COc1cccc(-c2noc(-c3cccc(F)c3)n2)c1)Nc1ccccc1Cl. The van der Waals surface area contributed by atoms with Crippen molar-refractivity contribution >= 4 is 23.2 Å². The zero-order chi connectivity index (χ0) is 20.9. The normalized spacial score (nSPS) is 10.6. The molecule has 0 unspecified atom stereocenters. The summed E-state index contributed by atoms with van der Waals surface area (Å²) in [7, 11) is 0. The van der Waals surface area contributed by atoms with Gasteiger partial charge in [0.05, 0.1) is 10.7 Å². The minimum Gasteiger partial charge on any atom is -0.484 e. The van der Waals surface area contributed by atoms with Crippen LogP contribution in [0.4, 0.5) is 10.1 Å². The van der Waals surface area contributed by atoms with E-state index in [-0.39, 0.29) is 18.4 Å². The first-order valence-electron chi connectivity index (χ1n) is 8.96. The van der Waals surface area contributed by atoms with Crippen LogP contribution in [0.1, 0.15) is 0 Å². The molecule has 0 fully saturated rings. The zero-order valence-corrected chi connectivity index (χ0v) is 16.3. The van der Waals surface area contributed by atoms with Crippen molar-refractivity contribution in [2.75, 3.05) is 11.9 Å². The van der Waals surface area contributed by atoms with Crippen LogP contribution in [0.5, 0.6) is 5.75 Å². The predicted octanol–water partition coefficient (Wildman–Crippen LogP) is 5.21. The monoisotopic (exact) mass is 423 g/mol. The molecule has 0 saturated heterocycles. The van der Waals surface area contributed by atoms with E-state index in [0.29, 0.717) is 33.4 Å². The van der Waals surface area contributed by atoms with Crippen molar-refractivity contribution in [3.05, 3.63) is 83.6 Å². The number of ether oxygens (including phenoxy) is 1. The van der Waals surface area contributed by atoms with Crippen LogP contribution in [0.3, 0.4) is 0 Å². The van der Waals surface area contributed by atoms with Gasteiger partial charge in [-0.25, -0.2) is 4.39 Å². The van der Waals surface area contributed by atoms with E-state index in [4.69, 9.17) is 20.9 Å². The number of para-hydroxylation sites is 1. The van der Waals surface area contributed by atoms with Gasteiger partial charge in [-0.1, -0.05) is 47.1 Å². The lowest BCUT2D eigenvalue weighted by atomic mass is 10.2. The van der Waals surface area contributed by atoms with Crippen LogP contribution >= 0.6 is 11.6 Å². The molecule has 4 aromatic rings. The molecule has 0 aliphatic heterocycles. The van der Waals surface area contributed by atoms with Crippen LogP contribution < -0.4 is 10.1 Å². The minimum atomic E-state index is -0.391. The number of rotatable bonds is 6. The van der Waals surface area contributed by atoms with Crippen molar-refractivity contribution in [1.82, 2.24) is 10.1 Å². The van der Waals surface area contributed by atoms with Gasteiger partial charge in [0.25, 0.3) is 11.8 Å². The maximum absolute atomic E-state index is 13.4. The number of nitrogens with zero attached hydrogens (tertiary/aromatic N) is 2. The number of carbonyl (C=O) groups excluding carboxylic acids is 1. The molecule has 0 atom stereocenters. The summed E-state index contributed by atoms with van der Waals surface area (Å²) < 4.78 is 24.2. The molecule has 4 rings (SSSR count). The Morgan fingerprint density at radius 3 is 2.67 bits per heavy atom. The molecule has 0 saturated carbocycles. The highest BCUT2D eigenvalue weighted by Crippen LogP contribution is 2.25. The maximum Gasteiger partial charge on any atom is 0.262 e. The Morgan fingerprint density at radius 1 is 1.03 bits per heavy atom. The fourth-order valence-electron chi connectivity index (χ4n) is 2.70. The molecule has 150 valence electrons. The number of halogens is 2. The first kappa shape index (κ1) is 19.6. The molecule has 6 nitrogen and oxygen atoms in total. The fourth-order valence-corrected chi connectivity index (χ4v) is 2.89. The molecule has 8 heteroatoms. The largest absolute Gasteiger partial charge is 0.484 e. The van der Waals surface area contributed by atoms with Gasteiger partial charge in [-0.05, 0) is 42.5 Å². The van der Waals surface area contributed by atoms with E-state index in [1.807, 2.05) is 0 Å². The van der Waals surface area contributed by atoms with E-state index in [9.17, 15) is 9.18 Å². The van der Waals surface area contributed by atoms with Crippen LogP contribution in [0.25, 0.3) is 22.8 Å². The number of anilines is 1. The third kappa shape index (κ3) is 4.64. The van der Waals surface area contributed by atoms with Crippen molar-refractivity contribution in [3.63, 3.8) is 0 Å². The summed E-state index contributed by atoms with van der Waals surface area (Å²) in [5, 5.41) is 7.07. The fraction of sp³-hybridized carbons (Fsp3) is 0.0455. The van der Waals surface area contributed by atoms with E-state index in [0.717, 1.165) is 0 Å². The van der Waals surface area contributed by atoms with E-state index in [2.05, 4.69) is 15.5 Å². The Morgan fingerprint density at radius 2 is 1.83 bits per heavy atom. The molecule has 1 aromatic heterocycles. The molecule has 0 radical (unpaired) electrons. The van der Waals surface area contributed by atoms with Gasteiger partial charge < -0.3 is 14.6 Å². The van der Waals surface area contributed by atoms with Crippen LogP contribution in [0.2, 0.25) is 5.02 Å². The molecule has 0 aliphatic carbocycles. The maximum atomic E-state index is 13.4. The van der Waals surface area contributed by atoms with E-state index < -0.39 is 5.82 Å². The van der Waals surface area contributed by atoms with Gasteiger partial charge in [-0.15, -0.1) is 0 Å². The Hall–Kier alpha value is -3.71. The molecule has 1 N–H and O–H groups in total. The van der Waals surface area contributed by atoms with Gasteiger partial charge >= 0.3 is 0 Å². The van der Waals surface area contributed by atoms with E-state index in [1.165, 1.54) is 12.1 Å². The molecule has 0 aliphatic rings. The summed E-state index contributed by atoms with van der Waals surface area (Å²) in [6.07, 6.45) is 0. The molecule has 0 bridgehead atoms. The number of aromatic nitrogens is 2. The quantitative estimate of drug-likeness (QED) is 0.460. The zero-order valence-electron chi connectivity index (χ0n) is 15.5. The van der Waals surface area contributed by atoms with Crippen LogP contribution in [0, 0.1) is 5.82 Å². The molecule has 1 heterocycles. The van der Waals surface area contributed by atoms with E-state index >= 15 is 0 Å². The average molecular weight is 424 g/mol. The Labute approximate surface area is 176 Å². The third-order valence-electron chi connectivity index (χ3n) is 4.11. The van der Waals surface area contributed by atoms with Crippen molar-refractivity contribution in [1.29, 1.82) is 0 Å². The molecule has 0 spiro atoms. The number of benzene rings is 3. The molecular formula is C22H15ClFN3O3. The Kier molecular flexibility index (Phi) is 5.72. The average Bonchev–Trinajstić information content (AvgIpc) is 3.25. The van der Waals surface area contributed by atoms with Crippen LogP contribution in [0.15, 0.2) is 77.3 Å². The lowest BCUT2D eigenvalue weighted by molar-refractivity contribution is -0.118. The van der Waals surface area contributed by atoms with Gasteiger partial charge in [-0.3, -0.25) is 4.79 Å². The van der Waals surface area contributed by atoms with Crippen molar-refractivity contribution in [2.45, 2.75) is 0 Å². The highest BCUT2D eigenvalue weighted by atomic mass is 35.5. The number of amides is 1. The van der Waals surface area contributed by atoms with Gasteiger partial charge in [0, 0.05) is 11.1 Å². The van der Waals surface area contributed by atoms with Crippen LogP contribution in [-0.4, -0.2) is 22.7 Å². The van der Waals surface area contributed by atoms with Gasteiger partial charge in [0.2, 0.25) is 5.82 Å². The van der Waals surface area contributed by atoms with Gasteiger partial charge in [0.1, 0.15) is 11.6 Å². The summed E-state index contributed by atoms with van der Waals surface area (Å²) in [6, 6.07) is 19.7. The Bertz CT molecular complexity index is 1200. The molecule has 1 amide bonds. The second-order valence-electron chi connectivity index (χ2n) is 6.28. The minimum absolute atomic E-state index is 0.199. The van der Waals surface area contributed by atoms with E-state index in [1.54, 1.807) is 60.7 Å². The summed E-state index contributed by atoms with van der Waals surface area (Å²) in [5.41, 5.74) is 1.63. The van der Waals surface area contributed by atoms with Crippen molar-refractivity contribution in [2.24, 2.45) is 0 Å².